The first-order chi connectivity index (χ1) is 16.6. The average molecular weight is 456 g/mol. The van der Waals surface area contributed by atoms with Crippen molar-refractivity contribution in [2.75, 3.05) is 5.32 Å². The Morgan fingerprint density at radius 2 is 2.12 bits per heavy atom. The Kier molecular flexibility index (Phi) is 4.72. The third-order valence-electron chi connectivity index (χ3n) is 6.30. The van der Waals surface area contributed by atoms with Crippen molar-refractivity contribution in [3.63, 3.8) is 0 Å². The molecule has 1 aliphatic carbocycles. The van der Waals surface area contributed by atoms with Crippen LogP contribution in [0.2, 0.25) is 0 Å². The predicted molar refractivity (Wildman–Crippen MR) is 126 cm³/mol. The van der Waals surface area contributed by atoms with Crippen LogP contribution in [-0.2, 0) is 12.8 Å². The molecule has 3 N–H and O–H groups in total. The topological polar surface area (TPSA) is 116 Å². The summed E-state index contributed by atoms with van der Waals surface area (Å²) in [5, 5.41) is 21.8. The zero-order valence-electron chi connectivity index (χ0n) is 18.3. The summed E-state index contributed by atoms with van der Waals surface area (Å²) in [6, 6.07) is 9.78. The molecule has 34 heavy (non-hydrogen) atoms. The summed E-state index contributed by atoms with van der Waals surface area (Å²) in [4.78, 5) is 16.7. The molecule has 1 aromatic carbocycles. The van der Waals surface area contributed by atoms with Crippen molar-refractivity contribution < 1.29 is 9.60 Å². The molecule has 0 unspecified atom stereocenters. The van der Waals surface area contributed by atoms with Crippen LogP contribution in [0.25, 0.3) is 27.9 Å². The summed E-state index contributed by atoms with van der Waals surface area (Å²) in [5.74, 6) is 0.309. The third kappa shape index (κ3) is 3.35. The second-order valence-corrected chi connectivity index (χ2v) is 8.45. The Bertz CT molecular complexity index is 1570. The zero-order chi connectivity index (χ0) is 23.2. The van der Waals surface area contributed by atoms with Gasteiger partial charge in [-0.05, 0) is 43.9 Å². The summed E-state index contributed by atoms with van der Waals surface area (Å²) in [5.41, 5.74) is 5.55. The van der Waals surface area contributed by atoms with Crippen LogP contribution in [-0.4, -0.2) is 46.5 Å². The van der Waals surface area contributed by atoms with Gasteiger partial charge < -0.3 is 15.5 Å². The number of fused-ring (bicyclic) bond motifs is 4. The molecule has 6 rings (SSSR count). The number of oxime groups is 1. The molecular weight excluding hydrogens is 435 g/mol. The first-order valence-electron chi connectivity index (χ1n) is 11.0. The maximum absolute atomic E-state index is 13.9. The molecule has 1 aliphatic rings. The number of aromatic nitrogens is 6. The number of para-hydroxylation sites is 1. The molecule has 9 nitrogen and oxygen atoms in total. The lowest BCUT2D eigenvalue weighted by molar-refractivity contribution is 0.319. The van der Waals surface area contributed by atoms with E-state index < -0.39 is 5.82 Å². The number of nitrogens with one attached hydrogen (secondary N) is 2. The van der Waals surface area contributed by atoms with Crippen molar-refractivity contribution in [3.8, 4) is 11.4 Å². The molecule has 0 radical (unpaired) electrons. The minimum absolute atomic E-state index is 0.114. The van der Waals surface area contributed by atoms with Crippen LogP contribution in [0.3, 0.4) is 0 Å². The summed E-state index contributed by atoms with van der Waals surface area (Å²) in [7, 11) is 0. The van der Waals surface area contributed by atoms with E-state index in [0.29, 0.717) is 34.3 Å². The van der Waals surface area contributed by atoms with Crippen LogP contribution < -0.4 is 5.32 Å². The number of pyridine rings is 1. The van der Waals surface area contributed by atoms with E-state index in [0.717, 1.165) is 31.0 Å². The molecular formula is C24H21FN8O. The molecule has 0 spiro atoms. The molecule has 5 aromatic rings. The van der Waals surface area contributed by atoms with Gasteiger partial charge in [0.2, 0.25) is 5.95 Å². The Balaban J connectivity index is 1.43. The number of halogens is 1. The SMILES string of the molecule is CC(=NO)c1cnn2c(N[C@@H]3CCc4[nH]c5ccccc5c4C3)nc(-c3cncc(F)c3)nc12. The van der Waals surface area contributed by atoms with Gasteiger partial charge in [-0.1, -0.05) is 23.4 Å². The smallest absolute Gasteiger partial charge is 0.228 e. The van der Waals surface area contributed by atoms with Crippen LogP contribution in [0.4, 0.5) is 10.3 Å². The molecule has 0 aliphatic heterocycles. The van der Waals surface area contributed by atoms with E-state index in [-0.39, 0.29) is 6.04 Å². The maximum atomic E-state index is 13.9. The average Bonchev–Trinajstić information content (AvgIpc) is 3.45. The van der Waals surface area contributed by atoms with Crippen LogP contribution >= 0.6 is 0 Å². The molecule has 0 bridgehead atoms. The quantitative estimate of drug-likeness (QED) is 0.214. The zero-order valence-corrected chi connectivity index (χ0v) is 18.3. The van der Waals surface area contributed by atoms with Gasteiger partial charge in [-0.2, -0.15) is 14.6 Å². The highest BCUT2D eigenvalue weighted by Crippen LogP contribution is 2.30. The van der Waals surface area contributed by atoms with E-state index >= 15 is 0 Å². The monoisotopic (exact) mass is 456 g/mol. The first-order valence-corrected chi connectivity index (χ1v) is 11.0. The van der Waals surface area contributed by atoms with Gasteiger partial charge in [0, 0.05) is 34.4 Å². The Morgan fingerprint density at radius 3 is 2.97 bits per heavy atom. The first kappa shape index (κ1) is 20.3. The summed E-state index contributed by atoms with van der Waals surface area (Å²) in [6.45, 7) is 1.66. The summed E-state index contributed by atoms with van der Waals surface area (Å²) >= 11 is 0. The molecule has 0 amide bonds. The number of H-pyrrole nitrogens is 1. The lowest BCUT2D eigenvalue weighted by Crippen LogP contribution is -2.29. The Hall–Kier alpha value is -4.34. The summed E-state index contributed by atoms with van der Waals surface area (Å²) < 4.78 is 15.5. The maximum Gasteiger partial charge on any atom is 0.228 e. The second-order valence-electron chi connectivity index (χ2n) is 8.45. The molecule has 0 fully saturated rings. The highest BCUT2D eigenvalue weighted by Gasteiger charge is 2.24. The van der Waals surface area contributed by atoms with E-state index in [4.69, 9.17) is 0 Å². The lowest BCUT2D eigenvalue weighted by Gasteiger charge is -2.24. The number of anilines is 1. The number of hydrogen-bond donors (Lipinski definition) is 3. The Morgan fingerprint density at radius 1 is 1.24 bits per heavy atom. The third-order valence-corrected chi connectivity index (χ3v) is 6.30. The molecule has 1 atom stereocenters. The fourth-order valence-electron chi connectivity index (χ4n) is 4.62. The normalized spacial score (nSPS) is 16.2. The second kappa shape index (κ2) is 7.91. The van der Waals surface area contributed by atoms with Gasteiger partial charge in [0.05, 0.1) is 23.7 Å². The number of benzene rings is 1. The number of hydrogen-bond acceptors (Lipinski definition) is 7. The molecule has 170 valence electrons. The molecule has 10 heteroatoms. The van der Waals surface area contributed by atoms with Gasteiger partial charge in [-0.3, -0.25) is 4.98 Å². The van der Waals surface area contributed by atoms with Crippen LogP contribution in [0.15, 0.2) is 54.1 Å². The van der Waals surface area contributed by atoms with Crippen LogP contribution in [0, 0.1) is 5.82 Å². The molecule has 4 aromatic heterocycles. The van der Waals surface area contributed by atoms with Gasteiger partial charge in [0.15, 0.2) is 11.5 Å². The van der Waals surface area contributed by atoms with Crippen molar-refractivity contribution in [2.24, 2.45) is 5.16 Å². The number of aryl methyl sites for hydroxylation is 1. The van der Waals surface area contributed by atoms with Crippen LogP contribution in [0.1, 0.15) is 30.2 Å². The fourth-order valence-corrected chi connectivity index (χ4v) is 4.62. The standard InChI is InChI=1S/C24H21FN8O/c1-13(32-34)19-12-27-33-23(19)30-22(14-8-15(25)11-26-10-14)31-24(33)28-16-6-7-21-18(9-16)17-4-2-3-5-20(17)29-21/h2-5,8,10-12,16,29,34H,6-7,9H2,1H3,(H,28,30,31)/t16-/m1/s1. The van der Waals surface area contributed by atoms with E-state index in [1.54, 1.807) is 17.6 Å². The van der Waals surface area contributed by atoms with Gasteiger partial charge in [0.1, 0.15) is 5.82 Å². The van der Waals surface area contributed by atoms with Crippen molar-refractivity contribution >= 4 is 28.2 Å². The van der Waals surface area contributed by atoms with Gasteiger partial charge in [-0.25, -0.2) is 9.37 Å². The van der Waals surface area contributed by atoms with Gasteiger partial charge in [-0.15, -0.1) is 0 Å². The minimum Gasteiger partial charge on any atom is -0.411 e. The van der Waals surface area contributed by atoms with E-state index in [1.807, 2.05) is 6.07 Å². The summed E-state index contributed by atoms with van der Waals surface area (Å²) in [6.07, 6.45) is 6.88. The number of rotatable bonds is 4. The highest BCUT2D eigenvalue weighted by molar-refractivity contribution is 6.03. The molecule has 0 saturated heterocycles. The van der Waals surface area contributed by atoms with Crippen molar-refractivity contribution in [3.05, 3.63) is 71.6 Å². The van der Waals surface area contributed by atoms with E-state index in [2.05, 4.69) is 53.7 Å². The van der Waals surface area contributed by atoms with E-state index in [1.165, 1.54) is 28.9 Å². The van der Waals surface area contributed by atoms with Crippen molar-refractivity contribution in [1.29, 1.82) is 0 Å². The lowest BCUT2D eigenvalue weighted by atomic mass is 9.91. The van der Waals surface area contributed by atoms with E-state index in [9.17, 15) is 9.60 Å². The van der Waals surface area contributed by atoms with Crippen molar-refractivity contribution in [1.82, 2.24) is 29.5 Å². The highest BCUT2D eigenvalue weighted by atomic mass is 19.1. The van der Waals surface area contributed by atoms with Gasteiger partial charge >= 0.3 is 0 Å². The fraction of sp³-hybridized carbons (Fsp3) is 0.208. The Labute approximate surface area is 193 Å². The molecule has 0 saturated carbocycles. The predicted octanol–water partition coefficient (Wildman–Crippen LogP) is 3.97. The number of aromatic amines is 1. The van der Waals surface area contributed by atoms with Gasteiger partial charge in [0.25, 0.3) is 0 Å². The number of nitrogens with zero attached hydrogens (tertiary/aromatic N) is 6. The van der Waals surface area contributed by atoms with Crippen LogP contribution in [0.5, 0.6) is 0 Å². The largest absolute Gasteiger partial charge is 0.411 e. The van der Waals surface area contributed by atoms with Crippen molar-refractivity contribution in [2.45, 2.75) is 32.2 Å². The minimum atomic E-state index is -0.475. The molecule has 4 heterocycles.